The summed E-state index contributed by atoms with van der Waals surface area (Å²) in [4.78, 5) is 42.2. The second-order valence-electron chi connectivity index (χ2n) is 8.09. The Balaban J connectivity index is 1.65. The maximum Gasteiger partial charge on any atom is 0.417 e. The molecule has 1 N–H and O–H groups in total. The molecule has 3 amide bonds. The third kappa shape index (κ3) is 4.74. The van der Waals surface area contributed by atoms with Gasteiger partial charge >= 0.3 is 6.18 Å². The third-order valence-electron chi connectivity index (χ3n) is 5.46. The summed E-state index contributed by atoms with van der Waals surface area (Å²) in [6.07, 6.45) is -4.76. The van der Waals surface area contributed by atoms with Crippen LogP contribution in [-0.4, -0.2) is 41.4 Å². The van der Waals surface area contributed by atoms with Crippen molar-refractivity contribution in [1.82, 2.24) is 10.2 Å². The van der Waals surface area contributed by atoms with Crippen LogP contribution < -0.4 is 5.32 Å². The molecule has 1 unspecified atom stereocenters. The van der Waals surface area contributed by atoms with Crippen molar-refractivity contribution in [3.8, 4) is 0 Å². The third-order valence-corrected chi connectivity index (χ3v) is 5.90. The molecule has 0 radical (unpaired) electrons. The van der Waals surface area contributed by atoms with Crippen LogP contribution in [0.25, 0.3) is 0 Å². The van der Waals surface area contributed by atoms with Crippen LogP contribution >= 0.6 is 23.2 Å². The number of nitrogens with zero attached hydrogens (tertiary/aromatic N) is 2. The van der Waals surface area contributed by atoms with Crippen molar-refractivity contribution in [2.24, 2.45) is 5.16 Å². The fourth-order valence-corrected chi connectivity index (χ4v) is 4.33. The fraction of sp³-hybridized carbons (Fsp3) is 0.273. The molecule has 0 aliphatic carbocycles. The van der Waals surface area contributed by atoms with Crippen molar-refractivity contribution in [2.75, 3.05) is 13.1 Å². The van der Waals surface area contributed by atoms with Gasteiger partial charge in [0, 0.05) is 27.6 Å². The highest BCUT2D eigenvalue weighted by Gasteiger charge is 2.41. The van der Waals surface area contributed by atoms with Gasteiger partial charge in [-0.05, 0) is 37.3 Å². The Hall–Kier alpha value is -3.11. The maximum absolute atomic E-state index is 13.9. The lowest BCUT2D eigenvalue weighted by Gasteiger charge is -2.26. The average molecular weight is 514 g/mol. The standard InChI is InChI=1S/C22H16Cl2F3N3O4/c1-21(12-5-13(23)7-14(24)6-12)8-17(29-34-21)11-2-3-15(16(4-11)22(25,26)27)20(33)30-9-18(31)28-19(32)10-30/h2-7H,8-10H2,1H3,(H,28,31,32). The lowest BCUT2D eigenvalue weighted by molar-refractivity contribution is -0.138. The second-order valence-corrected chi connectivity index (χ2v) is 8.96. The molecule has 2 aliphatic heterocycles. The molecule has 34 heavy (non-hydrogen) atoms. The minimum Gasteiger partial charge on any atom is -0.384 e. The maximum atomic E-state index is 13.9. The van der Waals surface area contributed by atoms with Gasteiger partial charge in [-0.3, -0.25) is 19.7 Å². The molecule has 0 aromatic heterocycles. The summed E-state index contributed by atoms with van der Waals surface area (Å²) < 4.78 is 41.7. The Kier molecular flexibility index (Phi) is 6.07. The number of benzene rings is 2. The normalized spacial score (nSPS) is 20.6. The van der Waals surface area contributed by atoms with Gasteiger partial charge in [-0.2, -0.15) is 13.2 Å². The molecule has 0 saturated carbocycles. The van der Waals surface area contributed by atoms with Gasteiger partial charge in [-0.1, -0.05) is 34.4 Å². The van der Waals surface area contributed by atoms with Gasteiger partial charge in [0.2, 0.25) is 11.8 Å². The van der Waals surface area contributed by atoms with E-state index in [1.54, 1.807) is 19.1 Å². The molecule has 0 bridgehead atoms. The number of halogens is 5. The van der Waals surface area contributed by atoms with Crippen molar-refractivity contribution >= 4 is 46.6 Å². The predicted octanol–water partition coefficient (Wildman–Crippen LogP) is 4.15. The number of piperazine rings is 1. The minimum atomic E-state index is -4.88. The number of oxime groups is 1. The molecule has 12 heteroatoms. The number of nitrogens with one attached hydrogen (secondary N) is 1. The molecule has 2 heterocycles. The highest BCUT2D eigenvalue weighted by molar-refractivity contribution is 6.34. The molecule has 0 spiro atoms. The summed E-state index contributed by atoms with van der Waals surface area (Å²) in [6.45, 7) is 0.655. The van der Waals surface area contributed by atoms with Crippen molar-refractivity contribution in [3.63, 3.8) is 0 Å². The first-order valence-corrected chi connectivity index (χ1v) is 10.7. The lowest BCUT2D eigenvalue weighted by atomic mass is 9.88. The molecular formula is C22H16Cl2F3N3O4. The van der Waals surface area contributed by atoms with Crippen LogP contribution in [0.3, 0.4) is 0 Å². The average Bonchev–Trinajstić information content (AvgIpc) is 3.14. The first kappa shape index (κ1) is 24.0. The molecule has 4 rings (SSSR count). The molecule has 2 aliphatic rings. The van der Waals surface area contributed by atoms with Gasteiger partial charge in [0.1, 0.15) is 13.1 Å². The summed E-state index contributed by atoms with van der Waals surface area (Å²) in [7, 11) is 0. The highest BCUT2D eigenvalue weighted by atomic mass is 35.5. The summed E-state index contributed by atoms with van der Waals surface area (Å²) in [5.74, 6) is -2.62. The number of hydrogen-bond acceptors (Lipinski definition) is 5. The van der Waals surface area contributed by atoms with Crippen LogP contribution in [0.15, 0.2) is 41.6 Å². The van der Waals surface area contributed by atoms with Crippen LogP contribution in [-0.2, 0) is 26.2 Å². The summed E-state index contributed by atoms with van der Waals surface area (Å²) in [5.41, 5.74) is -1.97. The fourth-order valence-electron chi connectivity index (χ4n) is 3.80. The second kappa shape index (κ2) is 8.59. The van der Waals surface area contributed by atoms with E-state index in [0.29, 0.717) is 15.6 Å². The van der Waals surface area contributed by atoms with Crippen molar-refractivity contribution in [2.45, 2.75) is 25.1 Å². The summed E-state index contributed by atoms with van der Waals surface area (Å²) in [5, 5.41) is 6.70. The topological polar surface area (TPSA) is 88.1 Å². The van der Waals surface area contributed by atoms with E-state index in [-0.39, 0.29) is 17.7 Å². The van der Waals surface area contributed by atoms with Gasteiger partial charge in [-0.15, -0.1) is 0 Å². The summed E-state index contributed by atoms with van der Waals surface area (Å²) >= 11 is 12.1. The molecule has 178 valence electrons. The number of carbonyl (C=O) groups is 3. The van der Waals surface area contributed by atoms with Gasteiger partial charge < -0.3 is 9.74 Å². The van der Waals surface area contributed by atoms with Crippen LogP contribution in [0.5, 0.6) is 0 Å². The zero-order valence-corrected chi connectivity index (χ0v) is 19.0. The molecule has 2 aromatic carbocycles. The molecule has 1 saturated heterocycles. The quantitative estimate of drug-likeness (QED) is 0.624. The number of imide groups is 1. The van der Waals surface area contributed by atoms with E-state index < -0.39 is 53.7 Å². The van der Waals surface area contributed by atoms with Crippen molar-refractivity contribution in [1.29, 1.82) is 0 Å². The number of hydrogen-bond donors (Lipinski definition) is 1. The van der Waals surface area contributed by atoms with Gasteiger partial charge in [0.25, 0.3) is 5.91 Å². The van der Waals surface area contributed by atoms with E-state index in [1.807, 2.05) is 5.32 Å². The number of carbonyl (C=O) groups excluding carboxylic acids is 3. The first-order valence-electron chi connectivity index (χ1n) is 9.91. The molecule has 1 fully saturated rings. The van der Waals surface area contributed by atoms with E-state index in [0.717, 1.165) is 17.0 Å². The zero-order chi connectivity index (χ0) is 24.8. The Bertz CT molecular complexity index is 1210. The van der Waals surface area contributed by atoms with E-state index in [4.69, 9.17) is 28.0 Å². The van der Waals surface area contributed by atoms with Gasteiger partial charge in [-0.25, -0.2) is 0 Å². The SMILES string of the molecule is CC1(c2cc(Cl)cc(Cl)c2)CC(c2ccc(C(=O)N3CC(=O)NC(=O)C3)c(C(F)(F)F)c2)=NO1. The molecule has 7 nitrogen and oxygen atoms in total. The van der Waals surface area contributed by atoms with Gasteiger partial charge in [0.15, 0.2) is 5.60 Å². The largest absolute Gasteiger partial charge is 0.417 e. The first-order chi connectivity index (χ1) is 15.9. The van der Waals surface area contributed by atoms with Crippen LogP contribution in [0.1, 0.15) is 40.4 Å². The zero-order valence-electron chi connectivity index (χ0n) is 17.5. The van der Waals surface area contributed by atoms with Crippen LogP contribution in [0.4, 0.5) is 13.2 Å². The van der Waals surface area contributed by atoms with E-state index in [9.17, 15) is 27.6 Å². The predicted molar refractivity (Wildman–Crippen MR) is 117 cm³/mol. The molecule has 1 atom stereocenters. The Morgan fingerprint density at radius 3 is 2.29 bits per heavy atom. The molecular weight excluding hydrogens is 498 g/mol. The number of alkyl halides is 3. The Morgan fingerprint density at radius 2 is 1.71 bits per heavy atom. The Labute approximate surface area is 201 Å². The monoisotopic (exact) mass is 513 g/mol. The number of amides is 3. The summed E-state index contributed by atoms with van der Waals surface area (Å²) in [6, 6.07) is 7.92. The van der Waals surface area contributed by atoms with Crippen molar-refractivity contribution in [3.05, 3.63) is 68.7 Å². The lowest BCUT2D eigenvalue weighted by Crippen LogP contribution is -2.53. The molecule has 2 aromatic rings. The smallest absolute Gasteiger partial charge is 0.384 e. The van der Waals surface area contributed by atoms with Gasteiger partial charge in [0.05, 0.1) is 16.8 Å². The highest BCUT2D eigenvalue weighted by Crippen LogP contribution is 2.40. The minimum absolute atomic E-state index is 0.105. The van der Waals surface area contributed by atoms with E-state index in [2.05, 4.69) is 5.16 Å². The van der Waals surface area contributed by atoms with E-state index >= 15 is 0 Å². The van der Waals surface area contributed by atoms with Crippen molar-refractivity contribution < 1.29 is 32.4 Å². The van der Waals surface area contributed by atoms with Crippen LogP contribution in [0.2, 0.25) is 10.0 Å². The Morgan fingerprint density at radius 1 is 1.09 bits per heavy atom. The van der Waals surface area contributed by atoms with Crippen LogP contribution in [0, 0.1) is 0 Å². The van der Waals surface area contributed by atoms with E-state index in [1.165, 1.54) is 12.1 Å². The number of rotatable bonds is 3.